The van der Waals surface area contributed by atoms with Gasteiger partial charge in [0.2, 0.25) is 0 Å². The zero-order valence-corrected chi connectivity index (χ0v) is 18.3. The van der Waals surface area contributed by atoms with Crippen molar-refractivity contribution < 1.29 is 19.1 Å². The van der Waals surface area contributed by atoms with Crippen molar-refractivity contribution in [2.45, 2.75) is 27.2 Å². The van der Waals surface area contributed by atoms with E-state index in [1.54, 1.807) is 19.1 Å². The Morgan fingerprint density at radius 3 is 2.59 bits per heavy atom. The summed E-state index contributed by atoms with van der Waals surface area (Å²) in [6, 6.07) is 13.5. The summed E-state index contributed by atoms with van der Waals surface area (Å²) in [7, 11) is 0. The lowest BCUT2D eigenvalue weighted by molar-refractivity contribution is -0.114. The Labute approximate surface area is 187 Å². The van der Waals surface area contributed by atoms with Gasteiger partial charge in [0, 0.05) is 12.5 Å². The highest BCUT2D eigenvalue weighted by molar-refractivity contribution is 6.32. The number of aryl methyl sites for hydroxylation is 2. The van der Waals surface area contributed by atoms with Gasteiger partial charge in [0.05, 0.1) is 18.8 Å². The quantitative estimate of drug-likeness (QED) is 0.512. The van der Waals surface area contributed by atoms with Crippen LogP contribution in [0.2, 0.25) is 0 Å². The fraction of sp³-hybridized carbons (Fsp3) is 0.240. The molecule has 2 aromatic rings. The number of nitrogens with zero attached hydrogens (tertiary/aromatic N) is 2. The molecule has 0 saturated heterocycles. The van der Waals surface area contributed by atoms with Gasteiger partial charge in [-0.1, -0.05) is 24.3 Å². The summed E-state index contributed by atoms with van der Waals surface area (Å²) in [5.74, 6) is 2.07. The first-order valence-corrected chi connectivity index (χ1v) is 10.4. The van der Waals surface area contributed by atoms with Crippen molar-refractivity contribution in [3.05, 3.63) is 76.6 Å². The normalized spacial score (nSPS) is 16.5. The summed E-state index contributed by atoms with van der Waals surface area (Å²) in [6.45, 7) is 6.94. The average molecular weight is 431 g/mol. The van der Waals surface area contributed by atoms with Gasteiger partial charge in [-0.2, -0.15) is 4.99 Å². The van der Waals surface area contributed by atoms with E-state index in [4.69, 9.17) is 19.7 Å². The lowest BCUT2D eigenvalue weighted by atomic mass is 10.1. The number of hydrogen-bond donors (Lipinski definition) is 1. The topological polar surface area (TPSA) is 84.2 Å². The van der Waals surface area contributed by atoms with E-state index in [0.717, 1.165) is 29.0 Å². The van der Waals surface area contributed by atoms with Gasteiger partial charge in [0.1, 0.15) is 17.3 Å². The third-order valence-corrected chi connectivity index (χ3v) is 5.03. The zero-order valence-electron chi connectivity index (χ0n) is 18.3. The molecule has 7 heteroatoms. The Bertz CT molecular complexity index is 1150. The number of amides is 1. The van der Waals surface area contributed by atoms with Gasteiger partial charge in [-0.15, -0.1) is 5.06 Å². The third kappa shape index (κ3) is 4.72. The second-order valence-electron chi connectivity index (χ2n) is 7.71. The molecule has 2 aromatic carbocycles. The highest BCUT2D eigenvalue weighted by Crippen LogP contribution is 2.24. The van der Waals surface area contributed by atoms with E-state index >= 15 is 0 Å². The Morgan fingerprint density at radius 1 is 1.06 bits per heavy atom. The number of allylic oxidation sites excluding steroid dienone is 1. The second kappa shape index (κ2) is 9.09. The van der Waals surface area contributed by atoms with Crippen LogP contribution in [0.3, 0.4) is 0 Å². The molecular formula is C25H25N3O4. The van der Waals surface area contributed by atoms with Crippen LogP contribution in [0.1, 0.15) is 30.0 Å². The maximum atomic E-state index is 12.3. The average Bonchev–Trinajstić information content (AvgIpc) is 3.14. The summed E-state index contributed by atoms with van der Waals surface area (Å²) in [6.07, 6.45) is 4.01. The summed E-state index contributed by atoms with van der Waals surface area (Å²) in [5, 5.41) is 9.51. The van der Waals surface area contributed by atoms with Gasteiger partial charge in [-0.3, -0.25) is 10.2 Å². The molecule has 0 aliphatic carbocycles. The van der Waals surface area contributed by atoms with E-state index in [1.165, 1.54) is 10.6 Å². The van der Waals surface area contributed by atoms with Crippen LogP contribution in [-0.4, -0.2) is 35.9 Å². The van der Waals surface area contributed by atoms with Crippen molar-refractivity contribution in [2.24, 2.45) is 4.99 Å². The minimum atomic E-state index is -0.458. The fourth-order valence-electron chi connectivity index (χ4n) is 3.32. The Balaban J connectivity index is 1.29. The monoisotopic (exact) mass is 431 g/mol. The lowest BCUT2D eigenvalue weighted by Gasteiger charge is -2.22. The minimum absolute atomic E-state index is 0.0303. The summed E-state index contributed by atoms with van der Waals surface area (Å²) >= 11 is 0. The fourth-order valence-corrected chi connectivity index (χ4v) is 3.32. The van der Waals surface area contributed by atoms with Gasteiger partial charge in [0.15, 0.2) is 11.7 Å². The van der Waals surface area contributed by atoms with Crippen molar-refractivity contribution in [3.63, 3.8) is 0 Å². The molecule has 0 radical (unpaired) electrons. The predicted molar refractivity (Wildman–Crippen MR) is 123 cm³/mol. The number of ether oxygens (including phenoxy) is 2. The number of aliphatic imine (C=N–C) groups is 1. The van der Waals surface area contributed by atoms with E-state index in [-0.39, 0.29) is 11.4 Å². The molecule has 0 aromatic heterocycles. The maximum absolute atomic E-state index is 12.3. The molecule has 1 amide bonds. The standard InChI is InChI=1S/C25H25N3O4/c1-16-5-6-17(2)22(13-16)31-12-4-11-30-20-9-7-19(8-10-20)15-21-24(26)28-23(27-25(21)29)14-18(3)32-28/h5-10,13-15,26H,4,11-12H2,1-3H3/b21-15+,26-24?. The van der Waals surface area contributed by atoms with Crippen LogP contribution in [0.5, 0.6) is 11.5 Å². The molecule has 0 bridgehead atoms. The Kier molecular flexibility index (Phi) is 6.07. The van der Waals surface area contributed by atoms with E-state index in [9.17, 15) is 4.79 Å². The second-order valence-corrected chi connectivity index (χ2v) is 7.71. The lowest BCUT2D eigenvalue weighted by Crippen LogP contribution is -2.38. The molecule has 2 heterocycles. The summed E-state index contributed by atoms with van der Waals surface area (Å²) < 4.78 is 11.6. The molecule has 32 heavy (non-hydrogen) atoms. The molecule has 2 aliphatic rings. The van der Waals surface area contributed by atoms with E-state index in [0.29, 0.717) is 24.8 Å². The highest BCUT2D eigenvalue weighted by Gasteiger charge is 2.34. The number of benzene rings is 2. The number of carbonyl (C=O) groups excluding carboxylic acids is 1. The van der Waals surface area contributed by atoms with Crippen LogP contribution in [0, 0.1) is 19.3 Å². The van der Waals surface area contributed by atoms with Gasteiger partial charge >= 0.3 is 0 Å². The van der Waals surface area contributed by atoms with Crippen molar-refractivity contribution in [1.82, 2.24) is 5.06 Å². The molecule has 0 saturated carbocycles. The number of fused-ring (bicyclic) bond motifs is 1. The van der Waals surface area contributed by atoms with Crippen LogP contribution in [0.4, 0.5) is 0 Å². The number of nitrogens with one attached hydrogen (secondary N) is 1. The SMILES string of the molecule is CC1=CC2=NC(=O)/C(=C/c3ccc(OCCCOc4cc(C)ccc4C)cc3)C(=N)N2O1. The first kappa shape index (κ1) is 21.4. The van der Waals surface area contributed by atoms with Crippen LogP contribution in [0.15, 0.2) is 64.9 Å². The van der Waals surface area contributed by atoms with Crippen molar-refractivity contribution >= 4 is 23.7 Å². The third-order valence-electron chi connectivity index (χ3n) is 5.03. The van der Waals surface area contributed by atoms with Crippen molar-refractivity contribution in [3.8, 4) is 11.5 Å². The van der Waals surface area contributed by atoms with Crippen LogP contribution >= 0.6 is 0 Å². The molecule has 164 valence electrons. The number of hydroxylamine groups is 2. The van der Waals surface area contributed by atoms with Crippen LogP contribution < -0.4 is 9.47 Å². The summed E-state index contributed by atoms with van der Waals surface area (Å²) in [4.78, 5) is 21.7. The van der Waals surface area contributed by atoms with E-state index < -0.39 is 5.91 Å². The van der Waals surface area contributed by atoms with Crippen LogP contribution in [0.25, 0.3) is 6.08 Å². The Hall–Kier alpha value is -3.87. The largest absolute Gasteiger partial charge is 0.493 e. The molecular weight excluding hydrogens is 406 g/mol. The van der Waals surface area contributed by atoms with Gasteiger partial charge in [-0.25, -0.2) is 0 Å². The van der Waals surface area contributed by atoms with Crippen molar-refractivity contribution in [1.29, 1.82) is 5.41 Å². The smallest absolute Gasteiger partial charge is 0.282 e. The van der Waals surface area contributed by atoms with Crippen molar-refractivity contribution in [2.75, 3.05) is 13.2 Å². The molecule has 0 unspecified atom stereocenters. The number of carbonyl (C=O) groups is 1. The van der Waals surface area contributed by atoms with Gasteiger partial charge < -0.3 is 14.3 Å². The van der Waals surface area contributed by atoms with E-state index in [2.05, 4.69) is 17.1 Å². The number of rotatable bonds is 7. The molecule has 4 rings (SSSR count). The summed E-state index contributed by atoms with van der Waals surface area (Å²) in [5.41, 5.74) is 3.24. The molecule has 2 aliphatic heterocycles. The first-order valence-electron chi connectivity index (χ1n) is 10.4. The number of hydrogen-bond acceptors (Lipinski definition) is 5. The zero-order chi connectivity index (χ0) is 22.7. The van der Waals surface area contributed by atoms with Gasteiger partial charge in [0.25, 0.3) is 5.91 Å². The maximum Gasteiger partial charge on any atom is 0.282 e. The molecule has 1 N–H and O–H groups in total. The van der Waals surface area contributed by atoms with Crippen LogP contribution in [-0.2, 0) is 9.63 Å². The number of amidine groups is 2. The molecule has 0 fully saturated rings. The van der Waals surface area contributed by atoms with Gasteiger partial charge in [-0.05, 0) is 61.7 Å². The molecule has 7 nitrogen and oxygen atoms in total. The minimum Gasteiger partial charge on any atom is -0.493 e. The first-order chi connectivity index (χ1) is 15.4. The highest BCUT2D eigenvalue weighted by atomic mass is 16.7. The van der Waals surface area contributed by atoms with E-state index in [1.807, 2.05) is 44.2 Å². The molecule has 0 atom stereocenters. The predicted octanol–water partition coefficient (Wildman–Crippen LogP) is 4.60. The molecule has 0 spiro atoms. The Morgan fingerprint density at radius 2 is 1.81 bits per heavy atom.